The maximum Gasteiger partial charge on any atom is 0.0715 e. The highest BCUT2D eigenvalue weighted by molar-refractivity contribution is 9.11. The fourth-order valence-corrected chi connectivity index (χ4v) is 3.50. The van der Waals surface area contributed by atoms with Crippen molar-refractivity contribution in [2.75, 3.05) is 6.54 Å². The maximum atomic E-state index is 4.55. The Bertz CT molecular complexity index is 369. The van der Waals surface area contributed by atoms with Gasteiger partial charge >= 0.3 is 0 Å². The number of hydrogen-bond acceptors (Lipinski definition) is 2. The molecule has 1 aromatic heterocycles. The van der Waals surface area contributed by atoms with Gasteiger partial charge in [-0.1, -0.05) is 33.6 Å². The summed E-state index contributed by atoms with van der Waals surface area (Å²) in [7, 11) is 0. The van der Waals surface area contributed by atoms with Gasteiger partial charge in [-0.25, -0.2) is 0 Å². The molecule has 0 saturated carbocycles. The fraction of sp³-hybridized carbons (Fsp3) is 0.643. The Hall–Kier alpha value is 0.0700. The molecule has 0 bridgehead atoms. The maximum absolute atomic E-state index is 4.55. The number of aromatic nitrogens is 1. The lowest BCUT2D eigenvalue weighted by atomic mass is 9.95. The zero-order valence-corrected chi connectivity index (χ0v) is 14.5. The molecule has 0 aliphatic heterocycles. The van der Waals surface area contributed by atoms with Crippen LogP contribution in [0.3, 0.4) is 0 Å². The summed E-state index contributed by atoms with van der Waals surface area (Å²) in [5.74, 6) is 0.719. The zero-order valence-electron chi connectivity index (χ0n) is 11.3. The summed E-state index contributed by atoms with van der Waals surface area (Å²) in [4.78, 5) is 4.55. The molecule has 0 aliphatic rings. The minimum absolute atomic E-state index is 0.332. The minimum atomic E-state index is 0.332. The van der Waals surface area contributed by atoms with Crippen LogP contribution in [0.15, 0.2) is 21.2 Å². The third kappa shape index (κ3) is 4.98. The van der Waals surface area contributed by atoms with E-state index in [2.05, 4.69) is 69.0 Å². The van der Waals surface area contributed by atoms with Gasteiger partial charge in [0.25, 0.3) is 0 Å². The van der Waals surface area contributed by atoms with Gasteiger partial charge in [-0.2, -0.15) is 0 Å². The van der Waals surface area contributed by atoms with Crippen LogP contribution in [0.2, 0.25) is 0 Å². The highest BCUT2D eigenvalue weighted by Gasteiger charge is 2.18. The standard InChI is InChI=1S/C14H22Br2N2/c1-4-6-10(3)7-13(17-5-2)14-12(16)8-11(15)9-18-14/h8-10,13,17H,4-7H2,1-3H3. The van der Waals surface area contributed by atoms with Gasteiger partial charge in [-0.3, -0.25) is 4.98 Å². The second-order valence-electron chi connectivity index (χ2n) is 4.76. The van der Waals surface area contributed by atoms with E-state index in [-0.39, 0.29) is 0 Å². The molecule has 2 nitrogen and oxygen atoms in total. The number of nitrogens with one attached hydrogen (secondary N) is 1. The number of halogens is 2. The highest BCUT2D eigenvalue weighted by Crippen LogP contribution is 2.29. The first-order valence-corrected chi connectivity index (χ1v) is 8.21. The van der Waals surface area contributed by atoms with Gasteiger partial charge in [0.1, 0.15) is 0 Å². The van der Waals surface area contributed by atoms with E-state index in [0.717, 1.165) is 33.5 Å². The van der Waals surface area contributed by atoms with Crippen molar-refractivity contribution < 1.29 is 0 Å². The lowest BCUT2D eigenvalue weighted by Crippen LogP contribution is -2.24. The minimum Gasteiger partial charge on any atom is -0.309 e. The van der Waals surface area contributed by atoms with Crippen molar-refractivity contribution in [2.24, 2.45) is 5.92 Å². The molecule has 1 heterocycles. The van der Waals surface area contributed by atoms with Crippen molar-refractivity contribution in [1.82, 2.24) is 10.3 Å². The van der Waals surface area contributed by atoms with Gasteiger partial charge in [0, 0.05) is 15.1 Å². The molecule has 0 radical (unpaired) electrons. The van der Waals surface area contributed by atoms with Gasteiger partial charge in [0.05, 0.1) is 11.7 Å². The van der Waals surface area contributed by atoms with E-state index in [0.29, 0.717) is 6.04 Å². The zero-order chi connectivity index (χ0) is 13.5. The molecule has 1 N–H and O–H groups in total. The quantitative estimate of drug-likeness (QED) is 0.716. The van der Waals surface area contributed by atoms with E-state index in [1.807, 2.05) is 6.20 Å². The van der Waals surface area contributed by atoms with Crippen molar-refractivity contribution in [3.05, 3.63) is 26.9 Å². The monoisotopic (exact) mass is 376 g/mol. The Balaban J connectivity index is 2.82. The Morgan fingerprint density at radius 3 is 2.61 bits per heavy atom. The first kappa shape index (κ1) is 16.1. The predicted molar refractivity (Wildman–Crippen MR) is 84.7 cm³/mol. The topological polar surface area (TPSA) is 24.9 Å². The Labute approximate surface area is 127 Å². The Morgan fingerprint density at radius 2 is 2.06 bits per heavy atom. The van der Waals surface area contributed by atoms with Crippen molar-refractivity contribution in [3.8, 4) is 0 Å². The fourth-order valence-electron chi connectivity index (χ4n) is 2.23. The molecular formula is C14H22Br2N2. The third-order valence-electron chi connectivity index (χ3n) is 3.04. The smallest absolute Gasteiger partial charge is 0.0715 e. The van der Waals surface area contributed by atoms with Crippen LogP contribution in [0, 0.1) is 5.92 Å². The lowest BCUT2D eigenvalue weighted by molar-refractivity contribution is 0.389. The second-order valence-corrected chi connectivity index (χ2v) is 6.53. The average molecular weight is 378 g/mol. The molecule has 0 spiro atoms. The summed E-state index contributed by atoms with van der Waals surface area (Å²) < 4.78 is 2.08. The van der Waals surface area contributed by atoms with Crippen LogP contribution in [0.1, 0.15) is 51.8 Å². The normalized spacial score (nSPS) is 14.5. The molecule has 2 unspecified atom stereocenters. The van der Waals surface area contributed by atoms with Crippen LogP contribution in [0.5, 0.6) is 0 Å². The SMILES string of the molecule is CCCC(C)CC(NCC)c1ncc(Br)cc1Br. The van der Waals surface area contributed by atoms with E-state index >= 15 is 0 Å². The lowest BCUT2D eigenvalue weighted by Gasteiger charge is -2.22. The molecule has 2 atom stereocenters. The molecule has 1 aromatic rings. The molecular weight excluding hydrogens is 356 g/mol. The molecule has 0 aromatic carbocycles. The van der Waals surface area contributed by atoms with Gasteiger partial charge in [-0.15, -0.1) is 0 Å². The van der Waals surface area contributed by atoms with Gasteiger partial charge < -0.3 is 5.32 Å². The Kier molecular flexibility index (Phi) is 7.42. The average Bonchev–Trinajstić information content (AvgIpc) is 2.29. The molecule has 18 heavy (non-hydrogen) atoms. The molecule has 0 amide bonds. The van der Waals surface area contributed by atoms with Crippen LogP contribution in [-0.4, -0.2) is 11.5 Å². The Morgan fingerprint density at radius 1 is 1.33 bits per heavy atom. The van der Waals surface area contributed by atoms with E-state index in [1.54, 1.807) is 0 Å². The van der Waals surface area contributed by atoms with E-state index in [1.165, 1.54) is 12.8 Å². The largest absolute Gasteiger partial charge is 0.309 e. The van der Waals surface area contributed by atoms with E-state index in [9.17, 15) is 0 Å². The summed E-state index contributed by atoms with van der Waals surface area (Å²) in [6.45, 7) is 7.67. The molecule has 4 heteroatoms. The highest BCUT2D eigenvalue weighted by atomic mass is 79.9. The van der Waals surface area contributed by atoms with Gasteiger partial charge in [0.2, 0.25) is 0 Å². The summed E-state index contributed by atoms with van der Waals surface area (Å²) >= 11 is 7.06. The first-order chi connectivity index (χ1) is 8.58. The van der Waals surface area contributed by atoms with Crippen molar-refractivity contribution >= 4 is 31.9 Å². The molecule has 0 aliphatic carbocycles. The van der Waals surface area contributed by atoms with Gasteiger partial charge in [0.15, 0.2) is 0 Å². The van der Waals surface area contributed by atoms with Crippen molar-refractivity contribution in [3.63, 3.8) is 0 Å². The summed E-state index contributed by atoms with van der Waals surface area (Å²) in [6.07, 6.45) is 5.52. The van der Waals surface area contributed by atoms with Crippen molar-refractivity contribution in [1.29, 1.82) is 0 Å². The van der Waals surface area contributed by atoms with Crippen LogP contribution in [0.25, 0.3) is 0 Å². The molecule has 0 fully saturated rings. The van der Waals surface area contributed by atoms with Crippen LogP contribution < -0.4 is 5.32 Å². The number of rotatable bonds is 7. The predicted octanol–water partition coefficient (Wildman–Crippen LogP) is 5.08. The van der Waals surface area contributed by atoms with Crippen LogP contribution in [0.4, 0.5) is 0 Å². The molecule has 0 saturated heterocycles. The van der Waals surface area contributed by atoms with Crippen LogP contribution in [-0.2, 0) is 0 Å². The second kappa shape index (κ2) is 8.28. The molecule has 1 rings (SSSR count). The van der Waals surface area contributed by atoms with E-state index < -0.39 is 0 Å². The summed E-state index contributed by atoms with van der Waals surface area (Å²) in [6, 6.07) is 2.40. The van der Waals surface area contributed by atoms with Crippen molar-refractivity contribution in [2.45, 2.75) is 46.1 Å². The first-order valence-electron chi connectivity index (χ1n) is 6.62. The third-order valence-corrected chi connectivity index (χ3v) is 4.11. The number of nitrogens with zero attached hydrogens (tertiary/aromatic N) is 1. The number of hydrogen-bond donors (Lipinski definition) is 1. The van der Waals surface area contributed by atoms with Crippen LogP contribution >= 0.6 is 31.9 Å². The molecule has 102 valence electrons. The summed E-state index contributed by atoms with van der Waals surface area (Å²) in [5.41, 5.74) is 1.11. The number of pyridine rings is 1. The van der Waals surface area contributed by atoms with Gasteiger partial charge in [-0.05, 0) is 56.8 Å². The van der Waals surface area contributed by atoms with E-state index in [4.69, 9.17) is 0 Å². The summed E-state index contributed by atoms with van der Waals surface area (Å²) in [5, 5.41) is 3.54.